The highest BCUT2D eigenvalue weighted by Gasteiger charge is 2.35. The molecule has 104 valence electrons. The van der Waals surface area contributed by atoms with Gasteiger partial charge in [-0.05, 0) is 30.2 Å². The standard InChI is InChI=1S/C15H18N4O/c16-6-5-11-9-12(1-3-14(11)17)18-7-8-19-13(10-18)2-4-15(19)20/h1,3,9,13H,2,4-5,7-8,10,17H2. The Bertz CT molecular complexity index is 578. The molecule has 0 saturated carbocycles. The minimum atomic E-state index is 0.289. The summed E-state index contributed by atoms with van der Waals surface area (Å²) < 4.78 is 0. The quantitative estimate of drug-likeness (QED) is 0.818. The molecule has 1 unspecified atom stereocenters. The van der Waals surface area contributed by atoms with Crippen LogP contribution in [0.25, 0.3) is 0 Å². The minimum absolute atomic E-state index is 0.289. The van der Waals surface area contributed by atoms with E-state index < -0.39 is 0 Å². The van der Waals surface area contributed by atoms with E-state index in [1.54, 1.807) is 0 Å². The van der Waals surface area contributed by atoms with Crippen LogP contribution in [0.15, 0.2) is 18.2 Å². The van der Waals surface area contributed by atoms with E-state index in [1.807, 2.05) is 23.1 Å². The van der Waals surface area contributed by atoms with Crippen molar-refractivity contribution in [1.29, 1.82) is 5.26 Å². The van der Waals surface area contributed by atoms with Crippen LogP contribution in [-0.2, 0) is 11.2 Å². The first-order chi connectivity index (χ1) is 9.69. The van der Waals surface area contributed by atoms with Crippen LogP contribution in [0.1, 0.15) is 18.4 Å². The topological polar surface area (TPSA) is 73.4 Å². The summed E-state index contributed by atoms with van der Waals surface area (Å²) in [6.45, 7) is 2.52. The van der Waals surface area contributed by atoms with Crippen molar-refractivity contribution in [2.45, 2.75) is 25.3 Å². The molecule has 5 nitrogen and oxygen atoms in total. The van der Waals surface area contributed by atoms with E-state index in [0.29, 0.717) is 24.6 Å². The summed E-state index contributed by atoms with van der Waals surface area (Å²) in [5.41, 5.74) is 8.54. The summed E-state index contributed by atoms with van der Waals surface area (Å²) in [4.78, 5) is 16.0. The molecular weight excluding hydrogens is 252 g/mol. The summed E-state index contributed by atoms with van der Waals surface area (Å²) in [6, 6.07) is 8.36. The Kier molecular flexibility index (Phi) is 3.23. The Balaban J connectivity index is 1.79. The van der Waals surface area contributed by atoms with Gasteiger partial charge in [0.25, 0.3) is 0 Å². The monoisotopic (exact) mass is 270 g/mol. The number of nitrogens with zero attached hydrogens (tertiary/aromatic N) is 3. The molecule has 2 saturated heterocycles. The van der Waals surface area contributed by atoms with Crippen molar-refractivity contribution < 1.29 is 4.79 Å². The van der Waals surface area contributed by atoms with E-state index in [-0.39, 0.29) is 5.91 Å². The van der Waals surface area contributed by atoms with Crippen LogP contribution in [0.2, 0.25) is 0 Å². The number of nitriles is 1. The second-order valence-corrected chi connectivity index (χ2v) is 5.44. The molecule has 1 aromatic rings. The summed E-state index contributed by atoms with van der Waals surface area (Å²) >= 11 is 0. The number of hydrogen-bond donors (Lipinski definition) is 1. The number of benzene rings is 1. The fourth-order valence-electron chi connectivity index (χ4n) is 3.13. The van der Waals surface area contributed by atoms with Crippen molar-refractivity contribution in [3.63, 3.8) is 0 Å². The number of piperazine rings is 1. The highest BCUT2D eigenvalue weighted by molar-refractivity contribution is 5.79. The molecule has 0 radical (unpaired) electrons. The maximum atomic E-state index is 11.7. The lowest BCUT2D eigenvalue weighted by Crippen LogP contribution is -2.51. The smallest absolute Gasteiger partial charge is 0.223 e. The zero-order valence-corrected chi connectivity index (χ0v) is 11.4. The molecule has 0 aliphatic carbocycles. The van der Waals surface area contributed by atoms with Gasteiger partial charge in [0.1, 0.15) is 0 Å². The fraction of sp³-hybridized carbons (Fsp3) is 0.467. The number of amides is 1. The fourth-order valence-corrected chi connectivity index (χ4v) is 3.13. The van der Waals surface area contributed by atoms with Gasteiger partial charge in [0.05, 0.1) is 12.5 Å². The lowest BCUT2D eigenvalue weighted by atomic mass is 10.1. The highest BCUT2D eigenvalue weighted by Crippen LogP contribution is 2.28. The van der Waals surface area contributed by atoms with Crippen LogP contribution in [0, 0.1) is 11.3 Å². The van der Waals surface area contributed by atoms with Gasteiger partial charge >= 0.3 is 0 Å². The van der Waals surface area contributed by atoms with Gasteiger partial charge in [-0.15, -0.1) is 0 Å². The van der Waals surface area contributed by atoms with Gasteiger partial charge in [-0.1, -0.05) is 0 Å². The molecule has 5 heteroatoms. The van der Waals surface area contributed by atoms with Crippen LogP contribution in [0.3, 0.4) is 0 Å². The van der Waals surface area contributed by atoms with Crippen molar-refractivity contribution in [3.05, 3.63) is 23.8 Å². The summed E-state index contributed by atoms with van der Waals surface area (Å²) in [6.07, 6.45) is 1.97. The number of nitrogens with two attached hydrogens (primary N) is 1. The highest BCUT2D eigenvalue weighted by atomic mass is 16.2. The number of rotatable bonds is 2. The molecule has 2 fully saturated rings. The number of anilines is 2. The Hall–Kier alpha value is -2.22. The Morgan fingerprint density at radius 2 is 2.25 bits per heavy atom. The first-order valence-corrected chi connectivity index (χ1v) is 6.99. The maximum absolute atomic E-state index is 11.7. The van der Waals surface area contributed by atoms with Crippen LogP contribution < -0.4 is 10.6 Å². The van der Waals surface area contributed by atoms with Crippen LogP contribution in [-0.4, -0.2) is 36.5 Å². The van der Waals surface area contributed by atoms with Gasteiger partial charge in [-0.3, -0.25) is 4.79 Å². The second kappa shape index (κ2) is 5.04. The summed E-state index contributed by atoms with van der Waals surface area (Å²) in [7, 11) is 0. The van der Waals surface area contributed by atoms with Crippen molar-refractivity contribution in [1.82, 2.24) is 4.90 Å². The lowest BCUT2D eigenvalue weighted by molar-refractivity contribution is -0.129. The maximum Gasteiger partial charge on any atom is 0.223 e. The van der Waals surface area contributed by atoms with Gasteiger partial charge in [0, 0.05) is 43.5 Å². The lowest BCUT2D eigenvalue weighted by Gasteiger charge is -2.39. The van der Waals surface area contributed by atoms with E-state index in [1.165, 1.54) is 0 Å². The van der Waals surface area contributed by atoms with Gasteiger partial charge in [0.2, 0.25) is 5.91 Å². The first kappa shape index (κ1) is 12.8. The Labute approximate surface area is 118 Å². The molecule has 2 N–H and O–H groups in total. The van der Waals surface area contributed by atoms with E-state index >= 15 is 0 Å². The van der Waals surface area contributed by atoms with Crippen molar-refractivity contribution in [2.24, 2.45) is 0 Å². The molecule has 3 rings (SSSR count). The van der Waals surface area contributed by atoms with E-state index in [0.717, 1.165) is 37.3 Å². The number of fused-ring (bicyclic) bond motifs is 1. The molecule has 1 aromatic carbocycles. The molecule has 2 aliphatic rings. The van der Waals surface area contributed by atoms with Crippen molar-refractivity contribution >= 4 is 17.3 Å². The SMILES string of the molecule is N#CCc1cc(N2CCN3C(=O)CCC3C2)ccc1N. The number of carbonyl (C=O) groups is 1. The average Bonchev–Trinajstić information content (AvgIpc) is 2.83. The number of hydrogen-bond acceptors (Lipinski definition) is 4. The molecule has 20 heavy (non-hydrogen) atoms. The molecular formula is C15H18N4O. The molecule has 2 heterocycles. The molecule has 2 aliphatic heterocycles. The second-order valence-electron chi connectivity index (χ2n) is 5.44. The minimum Gasteiger partial charge on any atom is -0.398 e. The zero-order chi connectivity index (χ0) is 14.1. The van der Waals surface area contributed by atoms with Crippen LogP contribution in [0.5, 0.6) is 0 Å². The molecule has 0 bridgehead atoms. The largest absolute Gasteiger partial charge is 0.398 e. The molecule has 1 amide bonds. The summed E-state index contributed by atoms with van der Waals surface area (Å²) in [5.74, 6) is 0.289. The van der Waals surface area contributed by atoms with Crippen LogP contribution in [0.4, 0.5) is 11.4 Å². The van der Waals surface area contributed by atoms with Crippen molar-refractivity contribution in [3.8, 4) is 6.07 Å². The van der Waals surface area contributed by atoms with Crippen LogP contribution >= 0.6 is 0 Å². The Morgan fingerprint density at radius 1 is 1.40 bits per heavy atom. The van der Waals surface area contributed by atoms with Gasteiger partial charge in [-0.2, -0.15) is 5.26 Å². The Morgan fingerprint density at radius 3 is 3.05 bits per heavy atom. The third-order valence-corrected chi connectivity index (χ3v) is 4.26. The summed E-state index contributed by atoms with van der Waals surface area (Å²) in [5, 5.41) is 8.83. The van der Waals surface area contributed by atoms with Gasteiger partial charge in [-0.25, -0.2) is 0 Å². The average molecular weight is 270 g/mol. The number of nitrogen functional groups attached to an aromatic ring is 1. The third-order valence-electron chi connectivity index (χ3n) is 4.26. The first-order valence-electron chi connectivity index (χ1n) is 6.99. The zero-order valence-electron chi connectivity index (χ0n) is 11.4. The predicted molar refractivity (Wildman–Crippen MR) is 77.1 cm³/mol. The molecule has 0 aromatic heterocycles. The molecule has 1 atom stereocenters. The molecule has 0 spiro atoms. The van der Waals surface area contributed by atoms with E-state index in [2.05, 4.69) is 11.0 Å². The third kappa shape index (κ3) is 2.18. The van der Waals surface area contributed by atoms with Crippen molar-refractivity contribution in [2.75, 3.05) is 30.3 Å². The van der Waals surface area contributed by atoms with Gasteiger partial charge in [0.15, 0.2) is 0 Å². The normalized spacial score (nSPS) is 21.8. The predicted octanol–water partition coefficient (Wildman–Crippen LogP) is 1.15. The number of carbonyl (C=O) groups excluding carboxylic acids is 1. The van der Waals surface area contributed by atoms with E-state index in [4.69, 9.17) is 11.0 Å². The van der Waals surface area contributed by atoms with E-state index in [9.17, 15) is 4.79 Å². The van der Waals surface area contributed by atoms with Gasteiger partial charge < -0.3 is 15.5 Å².